The predicted octanol–water partition coefficient (Wildman–Crippen LogP) is 2.21. The lowest BCUT2D eigenvalue weighted by Crippen LogP contribution is -2.51. The SMILES string of the molecule is CCOc1ccc(C(=O)NC(C(=O)N[C@@H]2CC[C@H](C(=O)O)C2)C(C)C)cc1. The number of rotatable bonds is 8. The average Bonchev–Trinajstić information content (AvgIpc) is 3.08. The zero-order chi connectivity index (χ0) is 20.0. The molecule has 7 heteroatoms. The van der Waals surface area contributed by atoms with Crippen LogP contribution in [0.5, 0.6) is 5.75 Å². The van der Waals surface area contributed by atoms with Crippen LogP contribution in [0.25, 0.3) is 0 Å². The molecule has 0 aromatic heterocycles. The van der Waals surface area contributed by atoms with Crippen LogP contribution < -0.4 is 15.4 Å². The first kappa shape index (κ1) is 20.7. The number of amides is 2. The molecule has 0 bridgehead atoms. The Balaban J connectivity index is 1.96. The Hall–Kier alpha value is -2.57. The van der Waals surface area contributed by atoms with Crippen molar-refractivity contribution in [2.24, 2.45) is 11.8 Å². The van der Waals surface area contributed by atoms with Gasteiger partial charge in [0.2, 0.25) is 5.91 Å². The van der Waals surface area contributed by atoms with Gasteiger partial charge in [0.05, 0.1) is 12.5 Å². The molecule has 3 atom stereocenters. The molecule has 1 aliphatic carbocycles. The Morgan fingerprint density at radius 1 is 1.19 bits per heavy atom. The van der Waals surface area contributed by atoms with Gasteiger partial charge < -0.3 is 20.5 Å². The highest BCUT2D eigenvalue weighted by molar-refractivity contribution is 5.97. The highest BCUT2D eigenvalue weighted by Crippen LogP contribution is 2.25. The fourth-order valence-corrected chi connectivity index (χ4v) is 3.26. The second kappa shape index (κ2) is 9.39. The smallest absolute Gasteiger partial charge is 0.306 e. The fraction of sp³-hybridized carbons (Fsp3) is 0.550. The van der Waals surface area contributed by atoms with Gasteiger partial charge in [0.1, 0.15) is 11.8 Å². The molecule has 1 aromatic rings. The summed E-state index contributed by atoms with van der Waals surface area (Å²) >= 11 is 0. The van der Waals surface area contributed by atoms with Crippen LogP contribution in [-0.4, -0.2) is 41.6 Å². The van der Waals surface area contributed by atoms with E-state index in [1.807, 2.05) is 20.8 Å². The summed E-state index contributed by atoms with van der Waals surface area (Å²) in [7, 11) is 0. The number of ether oxygens (including phenoxy) is 1. The molecular weight excluding hydrogens is 348 g/mol. The van der Waals surface area contributed by atoms with Gasteiger partial charge in [-0.25, -0.2) is 0 Å². The van der Waals surface area contributed by atoms with E-state index in [0.29, 0.717) is 37.2 Å². The lowest BCUT2D eigenvalue weighted by atomic mass is 10.0. The zero-order valence-corrected chi connectivity index (χ0v) is 16.0. The van der Waals surface area contributed by atoms with Crippen molar-refractivity contribution in [3.05, 3.63) is 29.8 Å². The Bertz CT molecular complexity index is 671. The van der Waals surface area contributed by atoms with E-state index in [1.54, 1.807) is 24.3 Å². The first-order chi connectivity index (χ1) is 12.8. The first-order valence-electron chi connectivity index (χ1n) is 9.38. The van der Waals surface area contributed by atoms with Gasteiger partial charge in [-0.15, -0.1) is 0 Å². The van der Waals surface area contributed by atoms with Crippen LogP contribution in [0.3, 0.4) is 0 Å². The van der Waals surface area contributed by atoms with E-state index in [2.05, 4.69) is 10.6 Å². The van der Waals surface area contributed by atoms with E-state index in [9.17, 15) is 14.4 Å². The Labute approximate surface area is 159 Å². The van der Waals surface area contributed by atoms with Crippen LogP contribution in [0, 0.1) is 11.8 Å². The quantitative estimate of drug-likeness (QED) is 0.645. The number of nitrogens with one attached hydrogen (secondary N) is 2. The van der Waals surface area contributed by atoms with E-state index < -0.39 is 17.9 Å². The van der Waals surface area contributed by atoms with Crippen molar-refractivity contribution >= 4 is 17.8 Å². The van der Waals surface area contributed by atoms with Crippen LogP contribution in [0.1, 0.15) is 50.4 Å². The van der Waals surface area contributed by atoms with Crippen molar-refractivity contribution in [2.45, 2.75) is 52.1 Å². The van der Waals surface area contributed by atoms with Gasteiger partial charge in [-0.1, -0.05) is 13.8 Å². The molecule has 3 N–H and O–H groups in total. The minimum Gasteiger partial charge on any atom is -0.494 e. The van der Waals surface area contributed by atoms with Gasteiger partial charge in [-0.3, -0.25) is 14.4 Å². The summed E-state index contributed by atoms with van der Waals surface area (Å²) in [4.78, 5) is 36.2. The number of carbonyl (C=O) groups is 3. The summed E-state index contributed by atoms with van der Waals surface area (Å²) in [5, 5.41) is 14.8. The van der Waals surface area contributed by atoms with Crippen molar-refractivity contribution in [2.75, 3.05) is 6.61 Å². The van der Waals surface area contributed by atoms with Crippen LogP contribution in [0.2, 0.25) is 0 Å². The summed E-state index contributed by atoms with van der Waals surface area (Å²) in [6, 6.07) is 5.89. The standard InChI is InChI=1S/C20H28N2O5/c1-4-27-16-9-6-13(7-10-16)18(23)22-17(12(2)3)19(24)21-15-8-5-14(11-15)20(25)26/h6-7,9-10,12,14-15,17H,4-5,8,11H2,1-3H3,(H,21,24)(H,22,23)(H,25,26)/t14-,15+,17?/m0/s1. The normalized spacial score (nSPS) is 20.1. The molecule has 1 aliphatic rings. The molecule has 1 aromatic carbocycles. The first-order valence-corrected chi connectivity index (χ1v) is 9.38. The Morgan fingerprint density at radius 3 is 2.37 bits per heavy atom. The zero-order valence-electron chi connectivity index (χ0n) is 16.0. The lowest BCUT2D eigenvalue weighted by molar-refractivity contribution is -0.141. The van der Waals surface area contributed by atoms with E-state index in [4.69, 9.17) is 9.84 Å². The number of hydrogen-bond donors (Lipinski definition) is 3. The summed E-state index contributed by atoms with van der Waals surface area (Å²) in [6.45, 7) is 6.15. The molecule has 0 radical (unpaired) electrons. The van der Waals surface area contributed by atoms with Gasteiger partial charge in [-0.2, -0.15) is 0 Å². The predicted molar refractivity (Wildman–Crippen MR) is 101 cm³/mol. The number of carboxylic acids is 1. The van der Waals surface area contributed by atoms with Gasteiger partial charge in [-0.05, 0) is 56.4 Å². The third kappa shape index (κ3) is 5.70. The van der Waals surface area contributed by atoms with Gasteiger partial charge in [0, 0.05) is 11.6 Å². The minimum absolute atomic E-state index is 0.103. The van der Waals surface area contributed by atoms with E-state index in [0.717, 1.165) is 0 Å². The molecule has 2 amide bonds. The number of hydrogen-bond acceptors (Lipinski definition) is 4. The fourth-order valence-electron chi connectivity index (χ4n) is 3.26. The average molecular weight is 376 g/mol. The van der Waals surface area contributed by atoms with Crippen molar-refractivity contribution in [3.8, 4) is 5.75 Å². The van der Waals surface area contributed by atoms with Crippen LogP contribution in [-0.2, 0) is 9.59 Å². The molecule has 27 heavy (non-hydrogen) atoms. The second-order valence-corrected chi connectivity index (χ2v) is 7.21. The number of benzene rings is 1. The van der Waals surface area contributed by atoms with Crippen molar-refractivity contribution in [1.29, 1.82) is 0 Å². The molecule has 0 spiro atoms. The largest absolute Gasteiger partial charge is 0.494 e. The van der Waals surface area contributed by atoms with Crippen LogP contribution in [0.15, 0.2) is 24.3 Å². The maximum Gasteiger partial charge on any atom is 0.306 e. The number of carbonyl (C=O) groups excluding carboxylic acids is 2. The molecule has 0 heterocycles. The molecule has 2 rings (SSSR count). The molecule has 0 saturated heterocycles. The van der Waals surface area contributed by atoms with Crippen LogP contribution in [0.4, 0.5) is 0 Å². The third-order valence-corrected chi connectivity index (χ3v) is 4.79. The van der Waals surface area contributed by atoms with E-state index >= 15 is 0 Å². The molecule has 1 fully saturated rings. The molecule has 148 valence electrons. The molecule has 7 nitrogen and oxygen atoms in total. The number of aliphatic carboxylic acids is 1. The van der Waals surface area contributed by atoms with Crippen molar-refractivity contribution < 1.29 is 24.2 Å². The van der Waals surface area contributed by atoms with Crippen LogP contribution >= 0.6 is 0 Å². The summed E-state index contributed by atoms with van der Waals surface area (Å²) in [6.07, 6.45) is 1.63. The molecular formula is C20H28N2O5. The van der Waals surface area contributed by atoms with Gasteiger partial charge in [0.25, 0.3) is 5.91 Å². The summed E-state index contributed by atoms with van der Waals surface area (Å²) in [5.74, 6) is -1.26. The topological polar surface area (TPSA) is 105 Å². The van der Waals surface area contributed by atoms with E-state index in [1.165, 1.54) is 0 Å². The second-order valence-electron chi connectivity index (χ2n) is 7.21. The molecule has 1 saturated carbocycles. The maximum absolute atomic E-state index is 12.6. The third-order valence-electron chi connectivity index (χ3n) is 4.79. The molecule has 1 unspecified atom stereocenters. The van der Waals surface area contributed by atoms with Gasteiger partial charge in [0.15, 0.2) is 0 Å². The Morgan fingerprint density at radius 2 is 1.85 bits per heavy atom. The molecule has 0 aliphatic heterocycles. The highest BCUT2D eigenvalue weighted by atomic mass is 16.5. The maximum atomic E-state index is 12.6. The summed E-state index contributed by atoms with van der Waals surface area (Å²) < 4.78 is 5.36. The summed E-state index contributed by atoms with van der Waals surface area (Å²) in [5.41, 5.74) is 0.448. The van der Waals surface area contributed by atoms with Crippen molar-refractivity contribution in [1.82, 2.24) is 10.6 Å². The minimum atomic E-state index is -0.823. The number of carboxylic acid groups (broad SMARTS) is 1. The highest BCUT2D eigenvalue weighted by Gasteiger charge is 2.33. The van der Waals surface area contributed by atoms with Crippen molar-refractivity contribution in [3.63, 3.8) is 0 Å². The monoisotopic (exact) mass is 376 g/mol. The van der Waals surface area contributed by atoms with E-state index in [-0.39, 0.29) is 23.8 Å². The van der Waals surface area contributed by atoms with Gasteiger partial charge >= 0.3 is 5.97 Å². The lowest BCUT2D eigenvalue weighted by Gasteiger charge is -2.24. The Kier molecular flexibility index (Phi) is 7.21.